The number of fused-ring (bicyclic) bond motifs is 21. The molecule has 2 unspecified atom stereocenters. The Labute approximate surface area is 825 Å². The Morgan fingerprint density at radius 3 is 0.633 bits per heavy atom. The fourth-order valence-electron chi connectivity index (χ4n) is 19.6. The maximum absolute atomic E-state index is 2.33. The number of benzene rings is 24. The summed E-state index contributed by atoms with van der Waals surface area (Å²) in [6.45, 7) is 30.2. The van der Waals surface area contributed by atoms with Crippen LogP contribution < -0.4 is 0 Å². The van der Waals surface area contributed by atoms with Crippen molar-refractivity contribution in [1.29, 1.82) is 0 Å². The average molecular weight is 1800 g/mol. The third-order valence-corrected chi connectivity index (χ3v) is 25.7. The molecule has 24 aromatic carbocycles. The van der Waals surface area contributed by atoms with Gasteiger partial charge >= 0.3 is 0 Å². The second-order valence-corrected chi connectivity index (χ2v) is 33.0. The van der Waals surface area contributed by atoms with Gasteiger partial charge < -0.3 is 0 Å². The van der Waals surface area contributed by atoms with E-state index in [2.05, 4.69) is 498 Å². The van der Waals surface area contributed by atoms with E-state index < -0.39 is 0 Å². The Morgan fingerprint density at radius 1 is 0.158 bits per heavy atom. The second-order valence-electron chi connectivity index (χ2n) is 33.0. The summed E-state index contributed by atoms with van der Waals surface area (Å²) in [4.78, 5) is 0. The fraction of sp³-hybridized carbons (Fsp3) is 0.137. The van der Waals surface area contributed by atoms with Gasteiger partial charge in [0.2, 0.25) is 0 Å². The first-order chi connectivity index (χ1) is 68.9. The van der Waals surface area contributed by atoms with Crippen LogP contribution in [0, 0.1) is 6.92 Å². The summed E-state index contributed by atoms with van der Waals surface area (Å²) in [5.74, 6) is 1.00. The predicted molar refractivity (Wildman–Crippen MR) is 625 cm³/mol. The second kappa shape index (κ2) is 49.8. The minimum atomic E-state index is 0.502. The molecule has 28 rings (SSSR count). The average Bonchev–Trinajstić information content (AvgIpc) is 0.753. The minimum Gasteiger partial charge on any atom is -0.0832 e. The van der Waals surface area contributed by atoms with Gasteiger partial charge in [-0.3, -0.25) is 0 Å². The van der Waals surface area contributed by atoms with Crippen LogP contribution in [0.1, 0.15) is 148 Å². The van der Waals surface area contributed by atoms with Gasteiger partial charge in [0, 0.05) is 11.8 Å². The van der Waals surface area contributed by atoms with E-state index >= 15 is 0 Å². The molecule has 0 heteroatoms. The molecule has 139 heavy (non-hydrogen) atoms. The van der Waals surface area contributed by atoms with E-state index in [1.54, 1.807) is 0 Å². The standard InChI is InChI=1S/3C18H12.2C16H12.C15H12.C14H10.C10H8.7C2H6/c2*1-3-7-15-13(5-1)9-11-18-16-8-4-2-6-14(16)10-12-17(15)18;1-2-8-14-13(7-1)15-9-3-4-11-17(15)18-12-6-5-10-16(14)18;2*1-3-11-7-9-13-5-2-6-14-10-8-12(4-1)15(11)16(13)14;1-11-14-8-4-2-6-12(14)10-13-7-3-5-9-15(11)13;1-2-6-12-10-14-8-4-3-7-13(14)9-11(12)5-1;1-2-6-10-8-4-3-7-9(10)5-1;7*1-2/h3*1-12H;2*1-5,7-10,13H,6H2;2-10H,1H3;1-10H;1-8H;7*1-2H3. The first-order valence-corrected chi connectivity index (χ1v) is 50.8. The van der Waals surface area contributed by atoms with Crippen molar-refractivity contribution >= 4 is 185 Å². The van der Waals surface area contributed by atoms with Crippen LogP contribution in [0.2, 0.25) is 0 Å². The molecule has 0 saturated carbocycles. The number of rotatable bonds is 0. The van der Waals surface area contributed by atoms with E-state index in [9.17, 15) is 0 Å². The molecule has 0 saturated heterocycles. The van der Waals surface area contributed by atoms with Crippen molar-refractivity contribution in [2.24, 2.45) is 0 Å². The fourth-order valence-corrected chi connectivity index (χ4v) is 19.6. The van der Waals surface area contributed by atoms with E-state index in [0.717, 1.165) is 12.8 Å². The lowest BCUT2D eigenvalue weighted by atomic mass is 9.79. The third-order valence-electron chi connectivity index (χ3n) is 25.7. The van der Waals surface area contributed by atoms with E-state index in [0.29, 0.717) is 11.8 Å². The van der Waals surface area contributed by atoms with Crippen LogP contribution in [0.25, 0.3) is 185 Å². The lowest BCUT2D eigenvalue weighted by molar-refractivity contribution is 1.00. The van der Waals surface area contributed by atoms with Crippen LogP contribution in [-0.2, 0) is 12.8 Å². The Balaban J connectivity index is 0.000000125. The van der Waals surface area contributed by atoms with Crippen molar-refractivity contribution in [3.05, 3.63) is 518 Å². The molecule has 24 aromatic rings. The number of aryl methyl sites for hydroxylation is 1. The molecule has 688 valence electrons. The van der Waals surface area contributed by atoms with Gasteiger partial charge in [-0.1, -0.05) is 570 Å². The van der Waals surface area contributed by atoms with Crippen molar-refractivity contribution < 1.29 is 0 Å². The molecule has 0 bridgehead atoms. The highest BCUT2D eigenvalue weighted by Gasteiger charge is 2.23. The molecular formula is C139H132. The summed E-state index contributed by atoms with van der Waals surface area (Å²) in [5.41, 5.74) is 10.2. The van der Waals surface area contributed by atoms with Crippen LogP contribution in [-0.4, -0.2) is 0 Å². The molecular weight excluding hydrogens is 1670 g/mol. The molecule has 0 fully saturated rings. The zero-order valence-corrected chi connectivity index (χ0v) is 83.8. The van der Waals surface area contributed by atoms with Gasteiger partial charge in [-0.15, -0.1) is 0 Å². The normalized spacial score (nSPS) is 12.4. The van der Waals surface area contributed by atoms with Crippen LogP contribution in [0.5, 0.6) is 0 Å². The van der Waals surface area contributed by atoms with E-state index in [1.165, 1.54) is 211 Å². The summed E-state index contributed by atoms with van der Waals surface area (Å²) in [7, 11) is 0. The van der Waals surface area contributed by atoms with Crippen LogP contribution in [0.15, 0.2) is 479 Å². The molecule has 4 aliphatic rings. The van der Waals surface area contributed by atoms with E-state index in [4.69, 9.17) is 0 Å². The van der Waals surface area contributed by atoms with Crippen LogP contribution in [0.4, 0.5) is 0 Å². The van der Waals surface area contributed by atoms with Gasteiger partial charge in [-0.25, -0.2) is 0 Å². The summed E-state index contributed by atoms with van der Waals surface area (Å²) in [5, 5.41) is 42.9. The highest BCUT2D eigenvalue weighted by molar-refractivity contribution is 6.25. The van der Waals surface area contributed by atoms with Gasteiger partial charge in [0.1, 0.15) is 0 Å². The molecule has 0 nitrogen and oxygen atoms in total. The maximum atomic E-state index is 2.33. The molecule has 2 atom stereocenters. The van der Waals surface area contributed by atoms with Crippen molar-refractivity contribution in [3.8, 4) is 0 Å². The highest BCUT2D eigenvalue weighted by Crippen LogP contribution is 2.43. The Kier molecular flexibility index (Phi) is 35.6. The maximum Gasteiger partial charge on any atom is 0.0211 e. The summed E-state index contributed by atoms with van der Waals surface area (Å²) in [6.07, 6.45) is 20.6. The van der Waals surface area contributed by atoms with Gasteiger partial charge in [0.15, 0.2) is 0 Å². The first kappa shape index (κ1) is 99.4. The van der Waals surface area contributed by atoms with Gasteiger partial charge in [0.25, 0.3) is 0 Å². The molecule has 0 aliphatic heterocycles. The number of allylic oxidation sites excluding steroid dienone is 6. The largest absolute Gasteiger partial charge is 0.0832 e. The number of hydrogen-bond acceptors (Lipinski definition) is 0. The smallest absolute Gasteiger partial charge is 0.0211 e. The van der Waals surface area contributed by atoms with Crippen LogP contribution >= 0.6 is 0 Å². The topological polar surface area (TPSA) is 0 Å². The lowest BCUT2D eigenvalue weighted by Crippen LogP contribution is -2.07. The molecule has 0 heterocycles. The molecule has 0 N–H and O–H groups in total. The molecule has 0 aromatic heterocycles. The van der Waals surface area contributed by atoms with Crippen LogP contribution in [0.3, 0.4) is 0 Å². The Morgan fingerprint density at radius 2 is 0.360 bits per heavy atom. The summed E-state index contributed by atoms with van der Waals surface area (Å²) in [6, 6.07) is 158. The summed E-state index contributed by atoms with van der Waals surface area (Å²) < 4.78 is 0. The Hall–Kier alpha value is -15.6. The SMILES string of the molecule is C1=CC2C=Cc3cccc4ccc(c2c34)C1.C1=CC2C=Cc3cccc4ccc(c2c34)C1.CC.CC.CC.CC.CC.CC.CC.Cc1c2ccccc2cc2ccccc12.c1ccc2c(c1)c1ccccc1c1ccccc21.c1ccc2c(c1)ccc1c3ccccc3ccc21.c1ccc2c(c1)ccc1c3ccccc3ccc21.c1ccc2cc3ccccc3cc2c1.c1ccc2ccccc2c1. The summed E-state index contributed by atoms with van der Waals surface area (Å²) >= 11 is 0. The zero-order valence-electron chi connectivity index (χ0n) is 83.8. The lowest BCUT2D eigenvalue weighted by Gasteiger charge is -2.24. The van der Waals surface area contributed by atoms with Crippen molar-refractivity contribution in [1.82, 2.24) is 0 Å². The van der Waals surface area contributed by atoms with Gasteiger partial charge in [-0.05, 0) is 249 Å². The van der Waals surface area contributed by atoms with Gasteiger partial charge in [0.05, 0.1) is 0 Å². The number of hydrogen-bond donors (Lipinski definition) is 0. The molecule has 0 spiro atoms. The Bertz CT molecular complexity index is 7530. The highest BCUT2D eigenvalue weighted by atomic mass is 14.3. The molecule has 0 amide bonds. The van der Waals surface area contributed by atoms with Crippen molar-refractivity contribution in [3.63, 3.8) is 0 Å². The quantitative estimate of drug-likeness (QED) is 0.0806. The van der Waals surface area contributed by atoms with Crippen molar-refractivity contribution in [2.45, 2.75) is 129 Å². The zero-order chi connectivity index (χ0) is 97.4. The predicted octanol–water partition coefficient (Wildman–Crippen LogP) is 41.9. The molecule has 0 radical (unpaired) electrons. The third kappa shape index (κ3) is 22.1. The monoisotopic (exact) mass is 1800 g/mol. The molecule has 4 aliphatic carbocycles. The minimum absolute atomic E-state index is 0.502. The van der Waals surface area contributed by atoms with E-state index in [1.807, 2.05) is 96.9 Å². The van der Waals surface area contributed by atoms with E-state index in [-0.39, 0.29) is 0 Å². The van der Waals surface area contributed by atoms with Crippen molar-refractivity contribution in [2.75, 3.05) is 0 Å². The first-order valence-electron chi connectivity index (χ1n) is 50.8. The van der Waals surface area contributed by atoms with Gasteiger partial charge in [-0.2, -0.15) is 0 Å².